The molecule has 6 heteroatoms. The van der Waals surface area contributed by atoms with Crippen LogP contribution in [0, 0.1) is 5.82 Å². The third-order valence-electron chi connectivity index (χ3n) is 2.91. The summed E-state index contributed by atoms with van der Waals surface area (Å²) in [6.45, 7) is -0.00123. The Kier molecular flexibility index (Phi) is 4.61. The Hall–Kier alpha value is -2.76. The molecule has 3 N–H and O–H groups in total. The number of rotatable bonds is 5. The lowest BCUT2D eigenvalue weighted by Gasteiger charge is -2.12. The van der Waals surface area contributed by atoms with Gasteiger partial charge in [-0.2, -0.15) is 0 Å². The molecule has 0 saturated carbocycles. The number of nitrogens with two attached hydrogens (primary N) is 1. The number of benzene rings is 2. The van der Waals surface area contributed by atoms with E-state index in [0.717, 1.165) is 0 Å². The molecule has 0 amide bonds. The predicted octanol–water partition coefficient (Wildman–Crippen LogP) is 2.51. The number of oxime groups is 1. The summed E-state index contributed by atoms with van der Waals surface area (Å²) in [6.07, 6.45) is 0. The molecule has 0 fully saturated rings. The minimum absolute atomic E-state index is 0.00123. The second kappa shape index (κ2) is 6.60. The van der Waals surface area contributed by atoms with E-state index in [-0.39, 0.29) is 18.0 Å². The van der Waals surface area contributed by atoms with Gasteiger partial charge in [-0.05, 0) is 18.2 Å². The first-order valence-corrected chi connectivity index (χ1v) is 6.18. The predicted molar refractivity (Wildman–Crippen MR) is 76.2 cm³/mol. The molecule has 0 unspecified atom stereocenters. The van der Waals surface area contributed by atoms with Crippen molar-refractivity contribution in [3.05, 3.63) is 59.4 Å². The van der Waals surface area contributed by atoms with Gasteiger partial charge in [0.2, 0.25) is 0 Å². The molecule has 2 aromatic carbocycles. The van der Waals surface area contributed by atoms with Crippen LogP contribution in [0.3, 0.4) is 0 Å². The van der Waals surface area contributed by atoms with Gasteiger partial charge < -0.3 is 20.4 Å². The third kappa shape index (κ3) is 3.22. The van der Waals surface area contributed by atoms with E-state index in [1.54, 1.807) is 30.3 Å². The first-order valence-electron chi connectivity index (χ1n) is 6.18. The van der Waals surface area contributed by atoms with Gasteiger partial charge in [0.15, 0.2) is 17.3 Å². The molecule has 0 spiro atoms. The summed E-state index contributed by atoms with van der Waals surface area (Å²) in [5, 5.41) is 11.4. The van der Waals surface area contributed by atoms with E-state index < -0.39 is 5.82 Å². The highest BCUT2D eigenvalue weighted by Crippen LogP contribution is 2.27. The topological polar surface area (TPSA) is 77.1 Å². The van der Waals surface area contributed by atoms with E-state index in [1.165, 1.54) is 13.2 Å². The molecule has 0 atom stereocenters. The van der Waals surface area contributed by atoms with Crippen molar-refractivity contribution in [2.24, 2.45) is 10.9 Å². The molecule has 0 aliphatic heterocycles. The van der Waals surface area contributed by atoms with Crippen LogP contribution in [0.25, 0.3) is 0 Å². The fourth-order valence-corrected chi connectivity index (χ4v) is 1.84. The number of hydrogen-bond acceptors (Lipinski definition) is 4. The first-order chi connectivity index (χ1) is 10.2. The summed E-state index contributed by atoms with van der Waals surface area (Å²) < 4.78 is 24.9. The Morgan fingerprint density at radius 1 is 1.19 bits per heavy atom. The molecule has 0 aliphatic rings. The number of nitrogens with zero attached hydrogens (tertiary/aromatic N) is 1. The van der Waals surface area contributed by atoms with Crippen LogP contribution >= 0.6 is 0 Å². The Labute approximate surface area is 121 Å². The highest BCUT2D eigenvalue weighted by atomic mass is 19.1. The molecule has 0 radical (unpaired) electrons. The Morgan fingerprint density at radius 3 is 2.57 bits per heavy atom. The summed E-state index contributed by atoms with van der Waals surface area (Å²) in [4.78, 5) is 0. The second-order valence-electron chi connectivity index (χ2n) is 4.20. The van der Waals surface area contributed by atoms with E-state index in [9.17, 15) is 4.39 Å². The third-order valence-corrected chi connectivity index (χ3v) is 2.91. The largest absolute Gasteiger partial charge is 0.493 e. The van der Waals surface area contributed by atoms with E-state index in [4.69, 9.17) is 20.4 Å². The maximum atomic E-state index is 14.2. The van der Waals surface area contributed by atoms with Crippen LogP contribution in [0.5, 0.6) is 11.5 Å². The average Bonchev–Trinajstić information content (AvgIpc) is 2.53. The van der Waals surface area contributed by atoms with Crippen LogP contribution < -0.4 is 15.2 Å². The van der Waals surface area contributed by atoms with Crippen LogP contribution in [0.2, 0.25) is 0 Å². The van der Waals surface area contributed by atoms with E-state index in [1.807, 2.05) is 6.07 Å². The molecular weight excluding hydrogens is 275 g/mol. The lowest BCUT2D eigenvalue weighted by molar-refractivity contribution is 0.279. The zero-order valence-corrected chi connectivity index (χ0v) is 11.4. The van der Waals surface area contributed by atoms with E-state index >= 15 is 0 Å². The van der Waals surface area contributed by atoms with Crippen molar-refractivity contribution < 1.29 is 19.1 Å². The lowest BCUT2D eigenvalue weighted by atomic mass is 10.1. The molecule has 2 aromatic rings. The fraction of sp³-hybridized carbons (Fsp3) is 0.133. The number of halogens is 1. The SMILES string of the molecule is COc1ccccc1OCc1cccc(/C(N)=N/O)c1F. The van der Waals surface area contributed by atoms with Gasteiger partial charge in [-0.3, -0.25) is 0 Å². The summed E-state index contributed by atoms with van der Waals surface area (Å²) in [6, 6.07) is 11.7. The van der Waals surface area contributed by atoms with Crippen molar-refractivity contribution in [3.63, 3.8) is 0 Å². The second-order valence-corrected chi connectivity index (χ2v) is 4.20. The number of amidine groups is 1. The van der Waals surface area contributed by atoms with E-state index in [2.05, 4.69) is 5.16 Å². The van der Waals surface area contributed by atoms with Crippen molar-refractivity contribution in [3.8, 4) is 11.5 Å². The number of para-hydroxylation sites is 2. The van der Waals surface area contributed by atoms with Gasteiger partial charge in [-0.25, -0.2) is 4.39 Å². The average molecular weight is 290 g/mol. The van der Waals surface area contributed by atoms with Gasteiger partial charge in [-0.1, -0.05) is 29.4 Å². The van der Waals surface area contributed by atoms with Crippen molar-refractivity contribution in [2.45, 2.75) is 6.61 Å². The Morgan fingerprint density at radius 2 is 1.90 bits per heavy atom. The molecule has 0 saturated heterocycles. The summed E-state index contributed by atoms with van der Waals surface area (Å²) >= 11 is 0. The standard InChI is InChI=1S/C15H15FN2O3/c1-20-12-7-2-3-8-13(12)21-9-10-5-4-6-11(14(10)16)15(17)18-19/h2-8,19H,9H2,1H3,(H2,17,18). The Balaban J connectivity index is 2.21. The van der Waals surface area contributed by atoms with Crippen molar-refractivity contribution in [1.29, 1.82) is 0 Å². The molecule has 5 nitrogen and oxygen atoms in total. The molecular formula is C15H15FN2O3. The molecule has 21 heavy (non-hydrogen) atoms. The van der Waals surface area contributed by atoms with E-state index in [0.29, 0.717) is 17.1 Å². The fourth-order valence-electron chi connectivity index (χ4n) is 1.84. The molecule has 0 heterocycles. The molecule has 0 aromatic heterocycles. The van der Waals surface area contributed by atoms with Crippen molar-refractivity contribution in [1.82, 2.24) is 0 Å². The monoisotopic (exact) mass is 290 g/mol. The highest BCUT2D eigenvalue weighted by Gasteiger charge is 2.12. The van der Waals surface area contributed by atoms with Gasteiger partial charge in [0.25, 0.3) is 0 Å². The zero-order chi connectivity index (χ0) is 15.2. The highest BCUT2D eigenvalue weighted by molar-refractivity contribution is 5.97. The van der Waals surface area contributed by atoms with Crippen LogP contribution in [0.1, 0.15) is 11.1 Å². The van der Waals surface area contributed by atoms with Crippen LogP contribution in [-0.4, -0.2) is 18.2 Å². The number of hydrogen-bond donors (Lipinski definition) is 2. The summed E-state index contributed by atoms with van der Waals surface area (Å²) in [7, 11) is 1.53. The van der Waals surface area contributed by atoms with Crippen molar-refractivity contribution in [2.75, 3.05) is 7.11 Å². The minimum Gasteiger partial charge on any atom is -0.493 e. The first kappa shape index (κ1) is 14.6. The van der Waals surface area contributed by atoms with Crippen LogP contribution in [0.4, 0.5) is 4.39 Å². The van der Waals surface area contributed by atoms with Crippen LogP contribution in [0.15, 0.2) is 47.6 Å². The van der Waals surface area contributed by atoms with Gasteiger partial charge in [0.05, 0.1) is 12.7 Å². The quantitative estimate of drug-likeness (QED) is 0.384. The van der Waals surface area contributed by atoms with Gasteiger partial charge in [-0.15, -0.1) is 0 Å². The number of ether oxygens (including phenoxy) is 2. The smallest absolute Gasteiger partial charge is 0.173 e. The molecule has 0 bridgehead atoms. The summed E-state index contributed by atoms with van der Waals surface area (Å²) in [5.74, 6) is 0.202. The zero-order valence-electron chi connectivity index (χ0n) is 11.4. The normalized spacial score (nSPS) is 11.2. The molecule has 2 rings (SSSR count). The lowest BCUT2D eigenvalue weighted by Crippen LogP contribution is -2.16. The maximum absolute atomic E-state index is 14.2. The summed E-state index contributed by atoms with van der Waals surface area (Å²) in [5.41, 5.74) is 5.74. The molecule has 110 valence electrons. The maximum Gasteiger partial charge on any atom is 0.173 e. The van der Waals surface area contributed by atoms with Gasteiger partial charge in [0.1, 0.15) is 12.4 Å². The van der Waals surface area contributed by atoms with Gasteiger partial charge >= 0.3 is 0 Å². The number of methoxy groups -OCH3 is 1. The molecule has 0 aliphatic carbocycles. The van der Waals surface area contributed by atoms with Crippen molar-refractivity contribution >= 4 is 5.84 Å². The minimum atomic E-state index is -0.581. The van der Waals surface area contributed by atoms with Crippen LogP contribution in [-0.2, 0) is 6.61 Å². The Bertz CT molecular complexity index is 659. The van der Waals surface area contributed by atoms with Gasteiger partial charge in [0, 0.05) is 5.56 Å².